The highest BCUT2D eigenvalue weighted by atomic mass is 16.5. The van der Waals surface area contributed by atoms with Crippen LogP contribution < -0.4 is 10.6 Å². The van der Waals surface area contributed by atoms with Gasteiger partial charge in [0.05, 0.1) is 6.10 Å². The Morgan fingerprint density at radius 1 is 1.00 bits per heavy atom. The average molecular weight is 354 g/mol. The van der Waals surface area contributed by atoms with E-state index < -0.39 is 0 Å². The number of likely N-dealkylation sites (N-methyl/N-ethyl adjacent to an activating group) is 1. The largest absolute Gasteiger partial charge is 0.378 e. The van der Waals surface area contributed by atoms with Gasteiger partial charge in [-0.2, -0.15) is 0 Å². The standard InChI is InChI=1S/C19H39N5O/c1-3-23-13-15-24(16-14-23)12-11-22-19(20-2)21-10-7-17-25-18-8-5-4-6-9-18/h18H,3-17H2,1-2H3,(H2,20,21,22). The Kier molecular flexibility index (Phi) is 10.2. The molecule has 0 bridgehead atoms. The van der Waals surface area contributed by atoms with Gasteiger partial charge in [0, 0.05) is 59.5 Å². The van der Waals surface area contributed by atoms with Crippen LogP contribution in [-0.4, -0.2) is 87.9 Å². The maximum absolute atomic E-state index is 5.97. The summed E-state index contributed by atoms with van der Waals surface area (Å²) in [5.41, 5.74) is 0. The third kappa shape index (κ3) is 8.38. The molecule has 1 saturated heterocycles. The number of aliphatic imine (C=N–C) groups is 1. The van der Waals surface area contributed by atoms with Crippen LogP contribution in [0, 0.1) is 0 Å². The molecule has 2 N–H and O–H groups in total. The summed E-state index contributed by atoms with van der Waals surface area (Å²) in [4.78, 5) is 9.36. The lowest BCUT2D eigenvalue weighted by Gasteiger charge is -2.34. The summed E-state index contributed by atoms with van der Waals surface area (Å²) in [6, 6.07) is 0. The van der Waals surface area contributed by atoms with Gasteiger partial charge in [-0.25, -0.2) is 0 Å². The van der Waals surface area contributed by atoms with E-state index in [1.165, 1.54) is 64.8 Å². The van der Waals surface area contributed by atoms with E-state index in [4.69, 9.17) is 4.74 Å². The van der Waals surface area contributed by atoms with Crippen molar-refractivity contribution in [2.24, 2.45) is 4.99 Å². The first-order chi connectivity index (χ1) is 12.3. The molecule has 0 aromatic carbocycles. The molecule has 2 fully saturated rings. The minimum atomic E-state index is 0.513. The highest BCUT2D eigenvalue weighted by molar-refractivity contribution is 5.79. The van der Waals surface area contributed by atoms with Gasteiger partial charge in [0.25, 0.3) is 0 Å². The van der Waals surface area contributed by atoms with E-state index in [2.05, 4.69) is 32.3 Å². The lowest BCUT2D eigenvalue weighted by molar-refractivity contribution is 0.0277. The number of rotatable bonds is 9. The van der Waals surface area contributed by atoms with Crippen LogP contribution in [0.15, 0.2) is 4.99 Å². The molecular formula is C19H39N5O. The number of piperazine rings is 1. The Hall–Kier alpha value is -0.850. The van der Waals surface area contributed by atoms with Crippen LogP contribution in [0.1, 0.15) is 45.4 Å². The first kappa shape index (κ1) is 20.5. The smallest absolute Gasteiger partial charge is 0.191 e. The second kappa shape index (κ2) is 12.5. The van der Waals surface area contributed by atoms with Gasteiger partial charge in [0.1, 0.15) is 0 Å². The minimum absolute atomic E-state index is 0.513. The molecule has 1 aliphatic heterocycles. The quantitative estimate of drug-likeness (QED) is 0.374. The molecule has 2 aliphatic rings. The van der Waals surface area contributed by atoms with E-state index in [1.54, 1.807) is 0 Å². The normalized spacial score (nSPS) is 21.4. The van der Waals surface area contributed by atoms with Crippen molar-refractivity contribution in [2.75, 3.05) is 66.0 Å². The van der Waals surface area contributed by atoms with Gasteiger partial charge in [0.15, 0.2) is 5.96 Å². The van der Waals surface area contributed by atoms with E-state index in [0.29, 0.717) is 6.10 Å². The molecule has 0 aromatic rings. The fourth-order valence-electron chi connectivity index (χ4n) is 3.64. The molecule has 25 heavy (non-hydrogen) atoms. The number of guanidine groups is 1. The van der Waals surface area contributed by atoms with Crippen molar-refractivity contribution in [1.82, 2.24) is 20.4 Å². The van der Waals surface area contributed by atoms with Crippen molar-refractivity contribution in [3.8, 4) is 0 Å². The molecule has 0 unspecified atom stereocenters. The zero-order valence-electron chi connectivity index (χ0n) is 16.4. The second-order valence-corrected chi connectivity index (χ2v) is 7.19. The number of nitrogens with one attached hydrogen (secondary N) is 2. The van der Waals surface area contributed by atoms with E-state index in [-0.39, 0.29) is 0 Å². The first-order valence-electron chi connectivity index (χ1n) is 10.3. The maximum atomic E-state index is 5.97. The summed E-state index contributed by atoms with van der Waals surface area (Å²) in [5.74, 6) is 0.907. The zero-order valence-corrected chi connectivity index (χ0v) is 16.4. The van der Waals surface area contributed by atoms with E-state index in [1.807, 2.05) is 7.05 Å². The van der Waals surface area contributed by atoms with Crippen molar-refractivity contribution >= 4 is 5.96 Å². The molecule has 1 saturated carbocycles. The fourth-order valence-corrected chi connectivity index (χ4v) is 3.64. The predicted molar refractivity (Wildman–Crippen MR) is 105 cm³/mol. The van der Waals surface area contributed by atoms with Crippen molar-refractivity contribution in [3.05, 3.63) is 0 Å². The highest BCUT2D eigenvalue weighted by Gasteiger charge is 2.15. The van der Waals surface area contributed by atoms with Gasteiger partial charge in [-0.3, -0.25) is 9.89 Å². The molecule has 0 spiro atoms. The zero-order chi connectivity index (χ0) is 17.7. The second-order valence-electron chi connectivity index (χ2n) is 7.19. The lowest BCUT2D eigenvalue weighted by Crippen LogP contribution is -2.49. The summed E-state index contributed by atoms with van der Waals surface area (Å²) < 4.78 is 5.97. The topological polar surface area (TPSA) is 52.1 Å². The SMILES string of the molecule is CCN1CCN(CCNC(=NC)NCCCOC2CCCCC2)CC1. The highest BCUT2D eigenvalue weighted by Crippen LogP contribution is 2.20. The van der Waals surface area contributed by atoms with E-state index in [0.717, 1.165) is 38.6 Å². The van der Waals surface area contributed by atoms with Crippen LogP contribution >= 0.6 is 0 Å². The van der Waals surface area contributed by atoms with Crippen molar-refractivity contribution < 1.29 is 4.74 Å². The van der Waals surface area contributed by atoms with Crippen LogP contribution in [0.2, 0.25) is 0 Å². The Morgan fingerprint density at radius 3 is 2.36 bits per heavy atom. The molecule has 0 atom stereocenters. The molecule has 6 nitrogen and oxygen atoms in total. The number of nitrogens with zero attached hydrogens (tertiary/aromatic N) is 3. The summed E-state index contributed by atoms with van der Waals surface area (Å²) in [5, 5.41) is 6.82. The Bertz CT molecular complexity index is 363. The van der Waals surface area contributed by atoms with Crippen molar-refractivity contribution in [2.45, 2.75) is 51.6 Å². The summed E-state index contributed by atoms with van der Waals surface area (Å²) in [6.07, 6.45) is 8.12. The van der Waals surface area contributed by atoms with Crippen LogP contribution in [0.4, 0.5) is 0 Å². The molecule has 2 rings (SSSR count). The monoisotopic (exact) mass is 353 g/mol. The van der Waals surface area contributed by atoms with Crippen molar-refractivity contribution in [3.63, 3.8) is 0 Å². The molecular weight excluding hydrogens is 314 g/mol. The summed E-state index contributed by atoms with van der Waals surface area (Å²) in [7, 11) is 1.84. The van der Waals surface area contributed by atoms with Gasteiger partial charge < -0.3 is 20.3 Å². The van der Waals surface area contributed by atoms with Gasteiger partial charge in [-0.15, -0.1) is 0 Å². The predicted octanol–water partition coefficient (Wildman–Crippen LogP) is 1.53. The van der Waals surface area contributed by atoms with E-state index >= 15 is 0 Å². The van der Waals surface area contributed by atoms with Gasteiger partial charge in [-0.05, 0) is 25.8 Å². The Morgan fingerprint density at radius 2 is 1.68 bits per heavy atom. The minimum Gasteiger partial charge on any atom is -0.378 e. The average Bonchev–Trinajstić information content (AvgIpc) is 2.67. The molecule has 0 amide bonds. The Labute approximate surface area is 154 Å². The molecule has 1 aliphatic carbocycles. The lowest BCUT2D eigenvalue weighted by atomic mass is 9.98. The third-order valence-electron chi connectivity index (χ3n) is 5.38. The van der Waals surface area contributed by atoms with Crippen LogP contribution in [-0.2, 0) is 4.74 Å². The first-order valence-corrected chi connectivity index (χ1v) is 10.3. The maximum Gasteiger partial charge on any atom is 0.191 e. The molecule has 0 radical (unpaired) electrons. The molecule has 0 aromatic heterocycles. The Balaban J connectivity index is 1.46. The van der Waals surface area contributed by atoms with Gasteiger partial charge in [0.2, 0.25) is 0 Å². The fraction of sp³-hybridized carbons (Fsp3) is 0.947. The van der Waals surface area contributed by atoms with Gasteiger partial charge in [-0.1, -0.05) is 26.2 Å². The van der Waals surface area contributed by atoms with Crippen molar-refractivity contribution in [1.29, 1.82) is 0 Å². The number of hydrogen-bond donors (Lipinski definition) is 2. The van der Waals surface area contributed by atoms with Gasteiger partial charge >= 0.3 is 0 Å². The molecule has 6 heteroatoms. The van der Waals surface area contributed by atoms with Crippen LogP contribution in [0.5, 0.6) is 0 Å². The van der Waals surface area contributed by atoms with E-state index in [9.17, 15) is 0 Å². The number of ether oxygens (including phenoxy) is 1. The summed E-state index contributed by atoms with van der Waals surface area (Å²) in [6.45, 7) is 12.0. The van der Waals surface area contributed by atoms with Crippen LogP contribution in [0.25, 0.3) is 0 Å². The van der Waals surface area contributed by atoms with Crippen LogP contribution in [0.3, 0.4) is 0 Å². The molecule has 146 valence electrons. The summed E-state index contributed by atoms with van der Waals surface area (Å²) >= 11 is 0. The number of hydrogen-bond acceptors (Lipinski definition) is 4. The molecule has 1 heterocycles. The third-order valence-corrected chi connectivity index (χ3v) is 5.38.